The molecule has 2 N–H and O–H groups in total. The Hall–Kier alpha value is -3.03. The second-order valence-corrected chi connectivity index (χ2v) is 8.60. The standard InChI is InChI=1S/C24H24F3NO4/c25-24(26,27)15-6-5-11-23(12-15,21(29)30)14-28-22(31)32-13-20-18-9-3-1-7-16(18)17-8-2-4-10-19(17)20/h1-4,7-10,15,20H,5-6,11-14H2,(H,28,31)(H,29,30). The van der Waals surface area contributed by atoms with Crippen LogP contribution in [0.2, 0.25) is 0 Å². The van der Waals surface area contributed by atoms with Crippen LogP contribution in [0.5, 0.6) is 0 Å². The van der Waals surface area contributed by atoms with E-state index in [4.69, 9.17) is 4.74 Å². The number of halogens is 3. The van der Waals surface area contributed by atoms with Gasteiger partial charge in [0.25, 0.3) is 0 Å². The van der Waals surface area contributed by atoms with E-state index in [0.717, 1.165) is 22.3 Å². The number of carboxylic acid groups (broad SMARTS) is 1. The van der Waals surface area contributed by atoms with Gasteiger partial charge in [0, 0.05) is 12.5 Å². The van der Waals surface area contributed by atoms with Crippen LogP contribution in [-0.4, -0.2) is 36.5 Å². The van der Waals surface area contributed by atoms with Crippen LogP contribution in [0.25, 0.3) is 11.1 Å². The first-order chi connectivity index (χ1) is 15.2. The molecule has 2 aromatic rings. The van der Waals surface area contributed by atoms with E-state index in [-0.39, 0.29) is 31.8 Å². The summed E-state index contributed by atoms with van der Waals surface area (Å²) in [5.41, 5.74) is 2.56. The lowest BCUT2D eigenvalue weighted by atomic mass is 9.69. The predicted octanol–water partition coefficient (Wildman–Crippen LogP) is 5.35. The number of ether oxygens (including phenoxy) is 1. The molecule has 170 valence electrons. The van der Waals surface area contributed by atoms with Gasteiger partial charge in [0.1, 0.15) is 6.61 Å². The largest absolute Gasteiger partial charge is 0.481 e. The van der Waals surface area contributed by atoms with Gasteiger partial charge in [-0.1, -0.05) is 55.0 Å². The van der Waals surface area contributed by atoms with Gasteiger partial charge in [-0.05, 0) is 41.5 Å². The van der Waals surface area contributed by atoms with Crippen molar-refractivity contribution >= 4 is 12.1 Å². The molecule has 32 heavy (non-hydrogen) atoms. The van der Waals surface area contributed by atoms with E-state index in [0.29, 0.717) is 0 Å². The smallest absolute Gasteiger partial charge is 0.407 e. The number of benzene rings is 2. The zero-order chi connectivity index (χ0) is 22.9. The Morgan fingerprint density at radius 3 is 2.22 bits per heavy atom. The Balaban J connectivity index is 1.41. The monoisotopic (exact) mass is 447 g/mol. The number of alkyl carbamates (subject to hydrolysis) is 1. The number of carbonyl (C=O) groups excluding carboxylic acids is 1. The van der Waals surface area contributed by atoms with Crippen LogP contribution < -0.4 is 5.32 Å². The average Bonchev–Trinajstić information content (AvgIpc) is 3.09. The first-order valence-electron chi connectivity index (χ1n) is 10.6. The third-order valence-corrected chi connectivity index (χ3v) is 6.68. The van der Waals surface area contributed by atoms with E-state index in [1.807, 2.05) is 48.5 Å². The number of aliphatic carboxylic acids is 1. The lowest BCUT2D eigenvalue weighted by molar-refractivity contribution is -0.196. The van der Waals surface area contributed by atoms with Crippen molar-refractivity contribution in [2.75, 3.05) is 13.2 Å². The maximum atomic E-state index is 13.2. The van der Waals surface area contributed by atoms with Crippen molar-refractivity contribution in [1.82, 2.24) is 5.32 Å². The number of nitrogens with one attached hydrogen (secondary N) is 1. The number of rotatable bonds is 5. The van der Waals surface area contributed by atoms with E-state index in [1.54, 1.807) is 0 Å². The first kappa shape index (κ1) is 22.2. The molecule has 2 aliphatic carbocycles. The Kier molecular flexibility index (Phi) is 5.88. The predicted molar refractivity (Wildman–Crippen MR) is 111 cm³/mol. The summed E-state index contributed by atoms with van der Waals surface area (Å²) < 4.78 is 44.9. The fourth-order valence-electron chi connectivity index (χ4n) is 4.96. The van der Waals surface area contributed by atoms with E-state index in [9.17, 15) is 27.9 Å². The minimum atomic E-state index is -4.45. The van der Waals surface area contributed by atoms with Crippen molar-refractivity contribution in [3.8, 4) is 11.1 Å². The number of amides is 1. The molecule has 2 atom stereocenters. The summed E-state index contributed by atoms with van der Waals surface area (Å²) in [6, 6.07) is 15.7. The Labute approximate surface area is 183 Å². The maximum Gasteiger partial charge on any atom is 0.407 e. The molecule has 5 nitrogen and oxygen atoms in total. The number of alkyl halides is 3. The van der Waals surface area contributed by atoms with Gasteiger partial charge >= 0.3 is 18.2 Å². The lowest BCUT2D eigenvalue weighted by Crippen LogP contribution is -2.48. The topological polar surface area (TPSA) is 75.6 Å². The van der Waals surface area contributed by atoms with Crippen molar-refractivity contribution in [2.24, 2.45) is 11.3 Å². The SMILES string of the molecule is O=C(NCC1(C(=O)O)CCCC(C(F)(F)F)C1)OCC1c2ccccc2-c2ccccc21. The fraction of sp³-hybridized carbons (Fsp3) is 0.417. The molecule has 2 aromatic carbocycles. The fourth-order valence-corrected chi connectivity index (χ4v) is 4.96. The molecule has 8 heteroatoms. The summed E-state index contributed by atoms with van der Waals surface area (Å²) in [5, 5.41) is 12.1. The van der Waals surface area contributed by atoms with Gasteiger partial charge in [0.2, 0.25) is 0 Å². The molecular formula is C24H24F3NO4. The summed E-state index contributed by atoms with van der Waals surface area (Å²) in [4.78, 5) is 24.2. The van der Waals surface area contributed by atoms with Crippen LogP contribution in [-0.2, 0) is 9.53 Å². The molecule has 0 bridgehead atoms. The van der Waals surface area contributed by atoms with Crippen LogP contribution in [0.3, 0.4) is 0 Å². The van der Waals surface area contributed by atoms with E-state index in [2.05, 4.69) is 5.32 Å². The van der Waals surface area contributed by atoms with Crippen molar-refractivity contribution in [2.45, 2.75) is 37.8 Å². The normalized spacial score (nSPS) is 22.7. The molecule has 0 aliphatic heterocycles. The Morgan fingerprint density at radius 2 is 1.66 bits per heavy atom. The summed E-state index contributed by atoms with van der Waals surface area (Å²) in [6.07, 6.45) is -5.70. The Morgan fingerprint density at radius 1 is 1.06 bits per heavy atom. The maximum absolute atomic E-state index is 13.2. The lowest BCUT2D eigenvalue weighted by Gasteiger charge is -2.38. The number of carboxylic acids is 1. The molecule has 0 heterocycles. The van der Waals surface area contributed by atoms with Crippen molar-refractivity contribution in [3.63, 3.8) is 0 Å². The van der Waals surface area contributed by atoms with Gasteiger partial charge in [-0.2, -0.15) is 13.2 Å². The molecule has 0 radical (unpaired) electrons. The van der Waals surface area contributed by atoms with Gasteiger partial charge in [0.15, 0.2) is 0 Å². The van der Waals surface area contributed by atoms with Gasteiger partial charge in [0.05, 0.1) is 11.3 Å². The number of hydrogen-bond acceptors (Lipinski definition) is 3. The first-order valence-corrected chi connectivity index (χ1v) is 10.6. The third-order valence-electron chi connectivity index (χ3n) is 6.68. The van der Waals surface area contributed by atoms with E-state index < -0.39 is 42.5 Å². The van der Waals surface area contributed by atoms with Gasteiger partial charge in [-0.15, -0.1) is 0 Å². The summed E-state index contributed by atoms with van der Waals surface area (Å²) in [5.74, 6) is -3.17. The van der Waals surface area contributed by atoms with Gasteiger partial charge < -0.3 is 15.2 Å². The zero-order valence-electron chi connectivity index (χ0n) is 17.3. The van der Waals surface area contributed by atoms with E-state index >= 15 is 0 Å². The molecular weight excluding hydrogens is 423 g/mol. The highest BCUT2D eigenvalue weighted by Gasteiger charge is 2.51. The molecule has 1 saturated carbocycles. The summed E-state index contributed by atoms with van der Waals surface area (Å²) >= 11 is 0. The van der Waals surface area contributed by atoms with Crippen molar-refractivity contribution in [3.05, 3.63) is 59.7 Å². The average molecular weight is 447 g/mol. The van der Waals surface area contributed by atoms with Crippen LogP contribution in [0.4, 0.5) is 18.0 Å². The number of carbonyl (C=O) groups is 2. The highest BCUT2D eigenvalue weighted by atomic mass is 19.4. The molecule has 0 spiro atoms. The summed E-state index contributed by atoms with van der Waals surface area (Å²) in [7, 11) is 0. The molecule has 2 unspecified atom stereocenters. The third kappa shape index (κ3) is 4.18. The van der Waals surface area contributed by atoms with Crippen molar-refractivity contribution in [1.29, 1.82) is 0 Å². The van der Waals surface area contributed by atoms with Crippen LogP contribution in [0.15, 0.2) is 48.5 Å². The molecule has 2 aliphatic rings. The molecule has 1 amide bonds. The molecule has 0 saturated heterocycles. The molecule has 4 rings (SSSR count). The Bertz CT molecular complexity index is 977. The highest BCUT2D eigenvalue weighted by molar-refractivity contribution is 5.79. The second kappa shape index (κ2) is 8.48. The van der Waals surface area contributed by atoms with E-state index in [1.165, 1.54) is 0 Å². The van der Waals surface area contributed by atoms with Crippen LogP contribution in [0.1, 0.15) is 42.7 Å². The molecule has 0 aromatic heterocycles. The minimum absolute atomic E-state index is 0.0467. The zero-order valence-corrected chi connectivity index (χ0v) is 17.3. The second-order valence-electron chi connectivity index (χ2n) is 8.60. The summed E-state index contributed by atoms with van der Waals surface area (Å²) in [6.45, 7) is -0.351. The molecule has 1 fully saturated rings. The highest BCUT2D eigenvalue weighted by Crippen LogP contribution is 2.46. The number of fused-ring (bicyclic) bond motifs is 3. The van der Waals surface area contributed by atoms with Crippen LogP contribution >= 0.6 is 0 Å². The quantitative estimate of drug-likeness (QED) is 0.648. The van der Waals surface area contributed by atoms with Crippen molar-refractivity contribution < 1.29 is 32.6 Å². The van der Waals surface area contributed by atoms with Gasteiger partial charge in [-0.25, -0.2) is 4.79 Å². The van der Waals surface area contributed by atoms with Gasteiger partial charge in [-0.3, -0.25) is 4.79 Å². The van der Waals surface area contributed by atoms with Crippen LogP contribution in [0, 0.1) is 11.3 Å². The number of hydrogen-bond donors (Lipinski definition) is 2. The minimum Gasteiger partial charge on any atom is -0.481 e.